The molecule has 0 aliphatic heterocycles. The number of urea groups is 1. The van der Waals surface area contributed by atoms with Gasteiger partial charge in [0.2, 0.25) is 0 Å². The monoisotopic (exact) mass is 202 g/mol. The third kappa shape index (κ3) is 4.46. The van der Waals surface area contributed by atoms with Crippen LogP contribution in [0.1, 0.15) is 26.7 Å². The van der Waals surface area contributed by atoms with Gasteiger partial charge in [-0.2, -0.15) is 0 Å². The van der Waals surface area contributed by atoms with Crippen LogP contribution in [0.5, 0.6) is 0 Å². The largest absolute Gasteiger partial charge is 0.383 e. The highest BCUT2D eigenvalue weighted by atomic mass is 16.5. The molecule has 0 aliphatic rings. The fourth-order valence-corrected chi connectivity index (χ4v) is 1.39. The van der Waals surface area contributed by atoms with Crippen LogP contribution in [0.15, 0.2) is 0 Å². The molecule has 2 amide bonds. The molecule has 0 unspecified atom stereocenters. The van der Waals surface area contributed by atoms with Crippen molar-refractivity contribution < 1.29 is 9.53 Å². The molecule has 0 aromatic rings. The van der Waals surface area contributed by atoms with Gasteiger partial charge in [0.25, 0.3) is 0 Å². The second kappa shape index (κ2) is 7.62. The number of carbonyl (C=O) groups is 1. The fourth-order valence-electron chi connectivity index (χ4n) is 1.39. The Morgan fingerprint density at radius 3 is 2.43 bits per heavy atom. The molecule has 0 heterocycles. The van der Waals surface area contributed by atoms with E-state index in [1.165, 1.54) is 0 Å². The lowest BCUT2D eigenvalue weighted by Gasteiger charge is -2.26. The number of amides is 2. The minimum atomic E-state index is -0.0178. The molecule has 4 nitrogen and oxygen atoms in total. The summed E-state index contributed by atoms with van der Waals surface area (Å²) < 4.78 is 4.85. The molecule has 0 fully saturated rings. The third-order valence-electron chi connectivity index (χ3n) is 2.39. The summed E-state index contributed by atoms with van der Waals surface area (Å²) in [5, 5.41) is 2.79. The molecule has 0 aromatic heterocycles. The Balaban J connectivity index is 3.84. The molecule has 0 radical (unpaired) electrons. The minimum absolute atomic E-state index is 0.0178. The lowest BCUT2D eigenvalue weighted by atomic mass is 10.1. The van der Waals surface area contributed by atoms with Crippen molar-refractivity contribution >= 4 is 6.03 Å². The first-order valence-electron chi connectivity index (χ1n) is 5.16. The number of hydrogen-bond acceptors (Lipinski definition) is 2. The SMILES string of the molecule is CCC(CC)N(C)C(=O)NCCOC. The van der Waals surface area contributed by atoms with Crippen molar-refractivity contribution in [1.82, 2.24) is 10.2 Å². The Morgan fingerprint density at radius 2 is 2.00 bits per heavy atom. The second-order valence-electron chi connectivity index (χ2n) is 3.31. The summed E-state index contributed by atoms with van der Waals surface area (Å²) in [6.07, 6.45) is 1.98. The van der Waals surface area contributed by atoms with Crippen molar-refractivity contribution in [2.45, 2.75) is 32.7 Å². The lowest BCUT2D eigenvalue weighted by Crippen LogP contribution is -2.44. The van der Waals surface area contributed by atoms with Gasteiger partial charge < -0.3 is 15.0 Å². The highest BCUT2D eigenvalue weighted by molar-refractivity contribution is 5.74. The summed E-state index contributed by atoms with van der Waals surface area (Å²) in [6.45, 7) is 5.31. The van der Waals surface area contributed by atoms with Gasteiger partial charge in [-0.3, -0.25) is 0 Å². The van der Waals surface area contributed by atoms with E-state index in [2.05, 4.69) is 19.2 Å². The summed E-state index contributed by atoms with van der Waals surface area (Å²) in [5.41, 5.74) is 0. The fraction of sp³-hybridized carbons (Fsp3) is 0.900. The molecule has 0 saturated heterocycles. The first-order valence-corrected chi connectivity index (χ1v) is 5.16. The van der Waals surface area contributed by atoms with E-state index in [-0.39, 0.29) is 6.03 Å². The van der Waals surface area contributed by atoms with Gasteiger partial charge in [0.1, 0.15) is 0 Å². The summed E-state index contributed by atoms with van der Waals surface area (Å²) in [6, 6.07) is 0.313. The van der Waals surface area contributed by atoms with Gasteiger partial charge >= 0.3 is 6.03 Å². The maximum absolute atomic E-state index is 11.5. The molecule has 0 bridgehead atoms. The third-order valence-corrected chi connectivity index (χ3v) is 2.39. The molecule has 0 aliphatic carbocycles. The number of methoxy groups -OCH3 is 1. The average molecular weight is 202 g/mol. The molecular weight excluding hydrogens is 180 g/mol. The van der Waals surface area contributed by atoms with Crippen molar-refractivity contribution in [3.8, 4) is 0 Å². The van der Waals surface area contributed by atoms with E-state index in [4.69, 9.17) is 4.74 Å². The smallest absolute Gasteiger partial charge is 0.317 e. The van der Waals surface area contributed by atoms with E-state index in [9.17, 15) is 4.79 Å². The molecule has 4 heteroatoms. The maximum Gasteiger partial charge on any atom is 0.317 e. The quantitative estimate of drug-likeness (QED) is 0.663. The van der Waals surface area contributed by atoms with E-state index < -0.39 is 0 Å². The van der Waals surface area contributed by atoms with Crippen LogP contribution < -0.4 is 5.32 Å². The molecule has 0 spiro atoms. The molecule has 14 heavy (non-hydrogen) atoms. The number of nitrogens with zero attached hydrogens (tertiary/aromatic N) is 1. The van der Waals surface area contributed by atoms with Crippen molar-refractivity contribution in [3.05, 3.63) is 0 Å². The normalized spacial score (nSPS) is 10.4. The van der Waals surface area contributed by atoms with Crippen LogP contribution in [-0.2, 0) is 4.74 Å². The highest BCUT2D eigenvalue weighted by Crippen LogP contribution is 2.05. The Hall–Kier alpha value is -0.770. The Morgan fingerprint density at radius 1 is 1.43 bits per heavy atom. The zero-order valence-corrected chi connectivity index (χ0v) is 9.67. The Kier molecular flexibility index (Phi) is 7.20. The number of carbonyl (C=O) groups excluding carboxylic acids is 1. The van der Waals surface area contributed by atoms with E-state index in [1.807, 2.05) is 7.05 Å². The minimum Gasteiger partial charge on any atom is -0.383 e. The maximum atomic E-state index is 11.5. The predicted molar refractivity (Wildman–Crippen MR) is 57.4 cm³/mol. The van der Waals surface area contributed by atoms with Gasteiger partial charge in [-0.25, -0.2) is 4.79 Å². The van der Waals surface area contributed by atoms with E-state index in [0.717, 1.165) is 12.8 Å². The highest BCUT2D eigenvalue weighted by Gasteiger charge is 2.15. The van der Waals surface area contributed by atoms with Crippen LogP contribution in [0.3, 0.4) is 0 Å². The van der Waals surface area contributed by atoms with Crippen LogP contribution in [-0.4, -0.2) is 44.3 Å². The van der Waals surface area contributed by atoms with Crippen molar-refractivity contribution in [2.75, 3.05) is 27.3 Å². The summed E-state index contributed by atoms with van der Waals surface area (Å²) in [4.78, 5) is 13.3. The van der Waals surface area contributed by atoms with Gasteiger partial charge in [-0.15, -0.1) is 0 Å². The summed E-state index contributed by atoms with van der Waals surface area (Å²) in [5.74, 6) is 0. The van der Waals surface area contributed by atoms with Gasteiger partial charge in [-0.05, 0) is 12.8 Å². The Labute approximate surface area is 86.6 Å². The van der Waals surface area contributed by atoms with Crippen molar-refractivity contribution in [3.63, 3.8) is 0 Å². The number of ether oxygens (including phenoxy) is 1. The van der Waals surface area contributed by atoms with E-state index in [0.29, 0.717) is 19.2 Å². The van der Waals surface area contributed by atoms with Crippen molar-refractivity contribution in [1.29, 1.82) is 0 Å². The zero-order valence-electron chi connectivity index (χ0n) is 9.67. The topological polar surface area (TPSA) is 41.6 Å². The van der Waals surface area contributed by atoms with Crippen LogP contribution in [0, 0.1) is 0 Å². The first-order chi connectivity index (χ1) is 6.67. The predicted octanol–water partition coefficient (Wildman–Crippen LogP) is 1.46. The average Bonchev–Trinajstić information content (AvgIpc) is 2.19. The van der Waals surface area contributed by atoms with E-state index in [1.54, 1.807) is 12.0 Å². The zero-order chi connectivity index (χ0) is 11.0. The molecule has 84 valence electrons. The van der Waals surface area contributed by atoms with Crippen molar-refractivity contribution in [2.24, 2.45) is 0 Å². The summed E-state index contributed by atoms with van der Waals surface area (Å²) >= 11 is 0. The number of nitrogens with one attached hydrogen (secondary N) is 1. The molecule has 0 aromatic carbocycles. The van der Waals surface area contributed by atoms with Gasteiger partial charge in [-0.1, -0.05) is 13.8 Å². The standard InChI is InChI=1S/C10H22N2O2/c1-5-9(6-2)12(3)10(13)11-7-8-14-4/h9H,5-8H2,1-4H3,(H,11,13). The molecule has 0 saturated carbocycles. The first kappa shape index (κ1) is 13.2. The van der Waals surface area contributed by atoms with Gasteiger partial charge in [0, 0.05) is 26.7 Å². The number of rotatable bonds is 6. The van der Waals surface area contributed by atoms with Crippen LogP contribution in [0.2, 0.25) is 0 Å². The molecule has 0 atom stereocenters. The van der Waals surface area contributed by atoms with E-state index >= 15 is 0 Å². The van der Waals surface area contributed by atoms with Crippen LogP contribution in [0.4, 0.5) is 4.79 Å². The molecule has 0 rings (SSSR count). The van der Waals surface area contributed by atoms with Crippen LogP contribution >= 0.6 is 0 Å². The second-order valence-corrected chi connectivity index (χ2v) is 3.31. The van der Waals surface area contributed by atoms with Gasteiger partial charge in [0.05, 0.1) is 6.61 Å². The summed E-state index contributed by atoms with van der Waals surface area (Å²) in [7, 11) is 3.45. The lowest BCUT2D eigenvalue weighted by molar-refractivity contribution is 0.172. The number of hydrogen-bond donors (Lipinski definition) is 1. The Bertz CT molecular complexity index is 158. The molecule has 1 N–H and O–H groups in total. The molecular formula is C10H22N2O2. The van der Waals surface area contributed by atoms with Gasteiger partial charge in [0.15, 0.2) is 0 Å². The van der Waals surface area contributed by atoms with Crippen LogP contribution in [0.25, 0.3) is 0 Å².